The molecule has 3 rings (SSSR count). The number of nitrogens with zero attached hydrogens (tertiary/aromatic N) is 3. The summed E-state index contributed by atoms with van der Waals surface area (Å²) in [5.41, 5.74) is 3.62. The largest absolute Gasteiger partial charge is 0.240 e. The minimum absolute atomic E-state index is 0.558. The number of aromatic nitrogens is 3. The maximum Gasteiger partial charge on any atom is 0.187 e. The normalized spacial score (nSPS) is 11.0. The summed E-state index contributed by atoms with van der Waals surface area (Å²) in [5, 5.41) is 3.97. The van der Waals surface area contributed by atoms with E-state index in [1.807, 2.05) is 6.07 Å². The van der Waals surface area contributed by atoms with Crippen molar-refractivity contribution in [1.82, 2.24) is 15.0 Å². The molecule has 0 bridgehead atoms. The molecule has 0 fully saturated rings. The van der Waals surface area contributed by atoms with Crippen LogP contribution in [0.5, 0.6) is 0 Å². The van der Waals surface area contributed by atoms with Gasteiger partial charge >= 0.3 is 0 Å². The van der Waals surface area contributed by atoms with Crippen LogP contribution in [-0.4, -0.2) is 15.0 Å². The van der Waals surface area contributed by atoms with Gasteiger partial charge in [-0.2, -0.15) is 0 Å². The van der Waals surface area contributed by atoms with E-state index in [9.17, 15) is 0 Å². The lowest BCUT2D eigenvalue weighted by Gasteiger charge is -2.05. The zero-order valence-electron chi connectivity index (χ0n) is 12.6. The molecule has 0 spiro atoms. The third kappa shape index (κ3) is 3.72. The molecule has 112 valence electrons. The average molecular weight is 327 g/mol. The SMILES string of the molecule is CC(C)c1ccc(-c2nc(CSc3ncccn3)cs2)cc1. The summed E-state index contributed by atoms with van der Waals surface area (Å²) in [4.78, 5) is 13.1. The molecule has 2 aromatic heterocycles. The fraction of sp³-hybridized carbons (Fsp3) is 0.235. The Morgan fingerprint density at radius 1 is 1.09 bits per heavy atom. The second-order valence-electron chi connectivity index (χ2n) is 5.24. The fourth-order valence-corrected chi connectivity index (χ4v) is 3.64. The van der Waals surface area contributed by atoms with Crippen molar-refractivity contribution in [1.29, 1.82) is 0 Å². The lowest BCUT2D eigenvalue weighted by molar-refractivity contribution is 0.867. The number of hydrogen-bond acceptors (Lipinski definition) is 5. The van der Waals surface area contributed by atoms with Crippen molar-refractivity contribution in [2.75, 3.05) is 0 Å². The van der Waals surface area contributed by atoms with Gasteiger partial charge in [0.05, 0.1) is 5.69 Å². The molecule has 0 N–H and O–H groups in total. The molecular weight excluding hydrogens is 310 g/mol. The van der Waals surface area contributed by atoms with Crippen LogP contribution in [0.2, 0.25) is 0 Å². The van der Waals surface area contributed by atoms with Gasteiger partial charge in [-0.15, -0.1) is 11.3 Å². The first-order valence-corrected chi connectivity index (χ1v) is 9.03. The Balaban J connectivity index is 1.68. The van der Waals surface area contributed by atoms with Crippen LogP contribution in [0, 0.1) is 0 Å². The van der Waals surface area contributed by atoms with Crippen molar-refractivity contribution in [2.24, 2.45) is 0 Å². The highest BCUT2D eigenvalue weighted by Crippen LogP contribution is 2.28. The van der Waals surface area contributed by atoms with Crippen molar-refractivity contribution in [3.05, 3.63) is 59.4 Å². The monoisotopic (exact) mass is 327 g/mol. The highest BCUT2D eigenvalue weighted by molar-refractivity contribution is 7.98. The quantitative estimate of drug-likeness (QED) is 0.487. The van der Waals surface area contributed by atoms with Crippen molar-refractivity contribution < 1.29 is 0 Å². The van der Waals surface area contributed by atoms with Crippen LogP contribution < -0.4 is 0 Å². The fourth-order valence-electron chi connectivity index (χ4n) is 2.01. The van der Waals surface area contributed by atoms with Crippen molar-refractivity contribution in [3.8, 4) is 10.6 Å². The van der Waals surface area contributed by atoms with Gasteiger partial charge in [0.25, 0.3) is 0 Å². The third-order valence-corrected chi connectivity index (χ3v) is 5.12. The van der Waals surface area contributed by atoms with Crippen LogP contribution in [0.4, 0.5) is 0 Å². The Bertz CT molecular complexity index is 721. The van der Waals surface area contributed by atoms with Gasteiger partial charge in [0.2, 0.25) is 0 Å². The Labute approximate surface area is 138 Å². The van der Waals surface area contributed by atoms with E-state index in [1.165, 1.54) is 11.1 Å². The van der Waals surface area contributed by atoms with Gasteiger partial charge in [-0.25, -0.2) is 15.0 Å². The predicted molar refractivity (Wildman–Crippen MR) is 93.2 cm³/mol. The average Bonchev–Trinajstić information content (AvgIpc) is 3.03. The number of thioether (sulfide) groups is 1. The molecule has 0 aliphatic heterocycles. The second kappa shape index (κ2) is 7.03. The third-order valence-electron chi connectivity index (χ3n) is 3.27. The Kier molecular flexibility index (Phi) is 4.85. The van der Waals surface area contributed by atoms with Crippen molar-refractivity contribution in [2.45, 2.75) is 30.7 Å². The Morgan fingerprint density at radius 3 is 2.50 bits per heavy atom. The molecule has 0 aliphatic carbocycles. The summed E-state index contributed by atoms with van der Waals surface area (Å²) >= 11 is 3.30. The molecular formula is C17H17N3S2. The maximum absolute atomic E-state index is 4.71. The molecule has 0 aliphatic rings. The number of thiazole rings is 1. The molecule has 2 heterocycles. The Morgan fingerprint density at radius 2 is 1.82 bits per heavy atom. The molecule has 22 heavy (non-hydrogen) atoms. The number of rotatable bonds is 5. The highest BCUT2D eigenvalue weighted by Gasteiger charge is 2.07. The first kappa shape index (κ1) is 15.2. The van der Waals surface area contributed by atoms with E-state index in [1.54, 1.807) is 35.5 Å². The summed E-state index contributed by atoms with van der Waals surface area (Å²) in [6, 6.07) is 10.5. The number of benzene rings is 1. The molecule has 0 saturated heterocycles. The van der Waals surface area contributed by atoms with Crippen LogP contribution in [0.25, 0.3) is 10.6 Å². The van der Waals surface area contributed by atoms with E-state index in [2.05, 4.69) is 53.5 Å². The van der Waals surface area contributed by atoms with Gasteiger partial charge in [0.15, 0.2) is 5.16 Å². The van der Waals surface area contributed by atoms with Crippen LogP contribution in [0.3, 0.4) is 0 Å². The maximum atomic E-state index is 4.71. The summed E-state index contributed by atoms with van der Waals surface area (Å²) in [6.07, 6.45) is 3.52. The molecule has 0 unspecified atom stereocenters. The molecule has 0 saturated carbocycles. The van der Waals surface area contributed by atoms with E-state index in [0.29, 0.717) is 5.92 Å². The smallest absolute Gasteiger partial charge is 0.187 e. The molecule has 0 radical (unpaired) electrons. The van der Waals surface area contributed by atoms with Crippen molar-refractivity contribution in [3.63, 3.8) is 0 Å². The zero-order chi connectivity index (χ0) is 15.4. The van der Waals surface area contributed by atoms with Gasteiger partial charge in [-0.05, 0) is 17.5 Å². The van der Waals surface area contributed by atoms with E-state index in [4.69, 9.17) is 4.98 Å². The predicted octanol–water partition coefficient (Wildman–Crippen LogP) is 5.02. The number of hydrogen-bond donors (Lipinski definition) is 0. The van der Waals surface area contributed by atoms with Gasteiger partial charge < -0.3 is 0 Å². The second-order valence-corrected chi connectivity index (χ2v) is 7.04. The first-order valence-electron chi connectivity index (χ1n) is 7.17. The molecule has 0 amide bonds. The highest BCUT2D eigenvalue weighted by atomic mass is 32.2. The van der Waals surface area contributed by atoms with E-state index in [0.717, 1.165) is 21.6 Å². The molecule has 5 heteroatoms. The summed E-state index contributed by atoms with van der Waals surface area (Å²) in [5.74, 6) is 1.35. The Hall–Kier alpha value is -1.72. The van der Waals surface area contributed by atoms with E-state index < -0.39 is 0 Å². The zero-order valence-corrected chi connectivity index (χ0v) is 14.2. The minimum atomic E-state index is 0.558. The molecule has 3 nitrogen and oxygen atoms in total. The van der Waals surface area contributed by atoms with Gasteiger partial charge in [-0.3, -0.25) is 0 Å². The minimum Gasteiger partial charge on any atom is -0.240 e. The van der Waals surface area contributed by atoms with Crippen LogP contribution in [0.1, 0.15) is 31.0 Å². The molecule has 3 aromatic rings. The van der Waals surface area contributed by atoms with Crippen LogP contribution in [-0.2, 0) is 5.75 Å². The lowest BCUT2D eigenvalue weighted by atomic mass is 10.0. The van der Waals surface area contributed by atoms with Crippen molar-refractivity contribution >= 4 is 23.1 Å². The van der Waals surface area contributed by atoms with E-state index in [-0.39, 0.29) is 0 Å². The summed E-state index contributed by atoms with van der Waals surface area (Å²) in [6.45, 7) is 4.42. The first-order chi connectivity index (χ1) is 10.7. The van der Waals surface area contributed by atoms with E-state index >= 15 is 0 Å². The van der Waals surface area contributed by atoms with Crippen LogP contribution in [0.15, 0.2) is 53.3 Å². The van der Waals surface area contributed by atoms with Crippen LogP contribution >= 0.6 is 23.1 Å². The standard InChI is InChI=1S/C17H17N3S2/c1-12(2)13-4-6-14(7-5-13)16-20-15(10-21-16)11-22-17-18-8-3-9-19-17/h3-10,12H,11H2,1-2H3. The summed E-state index contributed by atoms with van der Waals surface area (Å²) in [7, 11) is 0. The lowest BCUT2D eigenvalue weighted by Crippen LogP contribution is -1.88. The summed E-state index contributed by atoms with van der Waals surface area (Å²) < 4.78 is 0. The van der Waals surface area contributed by atoms with Gasteiger partial charge in [0.1, 0.15) is 5.01 Å². The molecule has 0 atom stereocenters. The van der Waals surface area contributed by atoms with Gasteiger partial charge in [-0.1, -0.05) is 49.9 Å². The van der Waals surface area contributed by atoms with Gasteiger partial charge in [0, 0.05) is 29.1 Å². The topological polar surface area (TPSA) is 38.7 Å². The molecule has 1 aromatic carbocycles.